The first-order valence-electron chi connectivity index (χ1n) is 8.13. The quantitative estimate of drug-likeness (QED) is 0.655. The van der Waals surface area contributed by atoms with Gasteiger partial charge in [-0.25, -0.2) is 4.21 Å². The van der Waals surface area contributed by atoms with Crippen molar-refractivity contribution < 1.29 is 9.00 Å². The van der Waals surface area contributed by atoms with Crippen molar-refractivity contribution >= 4 is 34.5 Å². The van der Waals surface area contributed by atoms with Crippen molar-refractivity contribution in [3.8, 4) is 6.07 Å². The lowest BCUT2D eigenvalue weighted by atomic mass is 9.98. The number of fused-ring (bicyclic) bond motifs is 1. The normalized spacial score (nSPS) is 15.5. The molecule has 4 nitrogen and oxygen atoms in total. The first kappa shape index (κ1) is 17.8. The number of hydrogen-bond acceptors (Lipinski definition) is 3. The summed E-state index contributed by atoms with van der Waals surface area (Å²) < 4.78 is 11.9. The van der Waals surface area contributed by atoms with Crippen LogP contribution in [0.2, 0.25) is 0 Å². The number of aryl methyl sites for hydroxylation is 3. The number of rotatable bonds is 3. The SMILES string of the molecule is Cc1cc(C)c(/C=C(\C#N)C(=O)Nc2ccc3c(c2)S(=O)C=C3)c(C)c1. The molecule has 0 saturated heterocycles. The van der Waals surface area contributed by atoms with Gasteiger partial charge in [0.25, 0.3) is 5.91 Å². The molecule has 1 aliphatic rings. The molecule has 0 fully saturated rings. The van der Waals surface area contributed by atoms with Crippen LogP contribution in [0.1, 0.15) is 27.8 Å². The fourth-order valence-electron chi connectivity index (χ4n) is 3.04. The van der Waals surface area contributed by atoms with Crippen molar-refractivity contribution in [2.24, 2.45) is 0 Å². The monoisotopic (exact) mass is 362 g/mol. The fourth-order valence-corrected chi connectivity index (χ4v) is 4.07. The summed E-state index contributed by atoms with van der Waals surface area (Å²) in [5, 5.41) is 13.8. The predicted molar refractivity (Wildman–Crippen MR) is 105 cm³/mol. The van der Waals surface area contributed by atoms with Gasteiger partial charge in [0.05, 0.1) is 15.7 Å². The maximum Gasteiger partial charge on any atom is 0.266 e. The lowest BCUT2D eigenvalue weighted by molar-refractivity contribution is -0.112. The molecule has 1 unspecified atom stereocenters. The number of nitrogens with one attached hydrogen (secondary N) is 1. The lowest BCUT2D eigenvalue weighted by Crippen LogP contribution is -2.14. The molecule has 0 saturated carbocycles. The molecule has 0 spiro atoms. The molecule has 1 heterocycles. The van der Waals surface area contributed by atoms with Crippen LogP contribution in [-0.2, 0) is 15.6 Å². The number of nitriles is 1. The number of anilines is 1. The van der Waals surface area contributed by atoms with Gasteiger partial charge < -0.3 is 5.32 Å². The Labute approximate surface area is 155 Å². The Morgan fingerprint density at radius 1 is 1.15 bits per heavy atom. The summed E-state index contributed by atoms with van der Waals surface area (Å²) in [6.45, 7) is 5.93. The van der Waals surface area contributed by atoms with Gasteiger partial charge in [0, 0.05) is 11.1 Å². The van der Waals surface area contributed by atoms with E-state index in [1.54, 1.807) is 35.8 Å². The van der Waals surface area contributed by atoms with Gasteiger partial charge >= 0.3 is 0 Å². The summed E-state index contributed by atoms with van der Waals surface area (Å²) in [7, 11) is -1.19. The van der Waals surface area contributed by atoms with Gasteiger partial charge in [-0.3, -0.25) is 4.79 Å². The summed E-state index contributed by atoms with van der Waals surface area (Å²) in [4.78, 5) is 13.2. The van der Waals surface area contributed by atoms with Crippen molar-refractivity contribution in [2.75, 3.05) is 5.32 Å². The zero-order valence-electron chi connectivity index (χ0n) is 14.8. The van der Waals surface area contributed by atoms with Crippen molar-refractivity contribution in [1.29, 1.82) is 5.26 Å². The minimum absolute atomic E-state index is 0.0276. The van der Waals surface area contributed by atoms with Gasteiger partial charge in [0.2, 0.25) is 0 Å². The summed E-state index contributed by atoms with van der Waals surface area (Å²) >= 11 is 0. The molecule has 26 heavy (non-hydrogen) atoms. The topological polar surface area (TPSA) is 70.0 Å². The van der Waals surface area contributed by atoms with Crippen LogP contribution in [-0.4, -0.2) is 10.1 Å². The Bertz CT molecular complexity index is 1020. The smallest absolute Gasteiger partial charge is 0.266 e. The summed E-state index contributed by atoms with van der Waals surface area (Å²) in [6, 6.07) is 11.2. The minimum atomic E-state index is -1.19. The first-order valence-corrected chi connectivity index (χ1v) is 9.34. The largest absolute Gasteiger partial charge is 0.321 e. The number of carbonyl (C=O) groups is 1. The summed E-state index contributed by atoms with van der Waals surface area (Å²) in [5.74, 6) is -0.483. The predicted octanol–water partition coefficient (Wildman–Crippen LogP) is 4.25. The van der Waals surface area contributed by atoms with Crippen molar-refractivity contribution in [3.63, 3.8) is 0 Å². The zero-order chi connectivity index (χ0) is 18.8. The molecule has 3 rings (SSSR count). The molecule has 0 radical (unpaired) electrons. The van der Waals surface area contributed by atoms with E-state index in [2.05, 4.69) is 5.32 Å². The molecule has 2 aromatic carbocycles. The highest BCUT2D eigenvalue weighted by Crippen LogP contribution is 2.27. The fraction of sp³-hybridized carbons (Fsp3) is 0.143. The molecule has 0 bridgehead atoms. The van der Waals surface area contributed by atoms with E-state index in [1.165, 1.54) is 0 Å². The molecule has 5 heteroatoms. The van der Waals surface area contributed by atoms with E-state index in [9.17, 15) is 14.3 Å². The van der Waals surface area contributed by atoms with Crippen molar-refractivity contribution in [2.45, 2.75) is 25.7 Å². The van der Waals surface area contributed by atoms with Crippen LogP contribution >= 0.6 is 0 Å². The maximum atomic E-state index is 12.5. The van der Waals surface area contributed by atoms with Crippen molar-refractivity contribution in [3.05, 3.63) is 69.1 Å². The van der Waals surface area contributed by atoms with Crippen LogP contribution < -0.4 is 5.32 Å². The Hall–Kier alpha value is -2.97. The van der Waals surface area contributed by atoms with Crippen LogP contribution in [0.25, 0.3) is 12.2 Å². The zero-order valence-corrected chi connectivity index (χ0v) is 15.6. The Morgan fingerprint density at radius 3 is 2.50 bits per heavy atom. The maximum absolute atomic E-state index is 12.5. The van der Waals surface area contributed by atoms with Gasteiger partial charge in [-0.2, -0.15) is 5.26 Å². The van der Waals surface area contributed by atoms with Gasteiger partial charge in [-0.05, 0) is 67.3 Å². The Morgan fingerprint density at radius 2 is 1.85 bits per heavy atom. The number of benzene rings is 2. The van der Waals surface area contributed by atoms with Crippen LogP contribution in [0.15, 0.2) is 46.2 Å². The van der Waals surface area contributed by atoms with Crippen molar-refractivity contribution in [1.82, 2.24) is 0 Å². The minimum Gasteiger partial charge on any atom is -0.321 e. The second-order valence-corrected chi connectivity index (χ2v) is 7.60. The highest BCUT2D eigenvalue weighted by molar-refractivity contribution is 7.88. The third-order valence-electron chi connectivity index (χ3n) is 4.25. The molecule has 1 N–H and O–H groups in total. The van der Waals surface area contributed by atoms with Crippen LogP contribution in [0.3, 0.4) is 0 Å². The van der Waals surface area contributed by atoms with E-state index in [0.717, 1.165) is 27.8 Å². The first-order chi connectivity index (χ1) is 12.4. The third kappa shape index (κ3) is 3.51. The Kier molecular flexibility index (Phi) is 4.88. The lowest BCUT2D eigenvalue weighted by Gasteiger charge is -2.09. The number of nitrogens with zero attached hydrogens (tertiary/aromatic N) is 1. The van der Waals surface area contributed by atoms with Gasteiger partial charge in [-0.15, -0.1) is 0 Å². The molecular formula is C21H18N2O2S. The third-order valence-corrected chi connectivity index (χ3v) is 5.42. The van der Waals surface area contributed by atoms with E-state index in [1.807, 2.05) is 39.0 Å². The molecule has 1 atom stereocenters. The molecular weight excluding hydrogens is 344 g/mol. The molecule has 130 valence electrons. The average Bonchev–Trinajstić information content (AvgIpc) is 2.95. The highest BCUT2D eigenvalue weighted by Gasteiger charge is 2.15. The van der Waals surface area contributed by atoms with E-state index < -0.39 is 16.7 Å². The molecule has 1 amide bonds. The average molecular weight is 362 g/mol. The van der Waals surface area contributed by atoms with E-state index in [4.69, 9.17) is 0 Å². The molecule has 0 aliphatic carbocycles. The number of hydrogen-bond donors (Lipinski definition) is 1. The molecule has 2 aromatic rings. The molecule has 1 aliphatic heterocycles. The Balaban J connectivity index is 1.88. The second-order valence-electron chi connectivity index (χ2n) is 6.29. The van der Waals surface area contributed by atoms with E-state index >= 15 is 0 Å². The van der Waals surface area contributed by atoms with Gasteiger partial charge in [0.1, 0.15) is 11.6 Å². The van der Waals surface area contributed by atoms with Crippen LogP contribution in [0, 0.1) is 32.1 Å². The van der Waals surface area contributed by atoms with Crippen LogP contribution in [0.5, 0.6) is 0 Å². The second kappa shape index (κ2) is 7.11. The summed E-state index contributed by atoms with van der Waals surface area (Å²) in [6.07, 6.45) is 3.41. The van der Waals surface area contributed by atoms with Crippen LogP contribution in [0.4, 0.5) is 5.69 Å². The summed E-state index contributed by atoms with van der Waals surface area (Å²) in [5.41, 5.74) is 5.47. The van der Waals surface area contributed by atoms with Gasteiger partial charge in [-0.1, -0.05) is 23.8 Å². The van der Waals surface area contributed by atoms with E-state index in [-0.39, 0.29) is 5.57 Å². The number of amides is 1. The van der Waals surface area contributed by atoms with Gasteiger partial charge in [0.15, 0.2) is 0 Å². The number of carbonyl (C=O) groups excluding carboxylic acids is 1. The van der Waals surface area contributed by atoms with E-state index in [0.29, 0.717) is 10.6 Å². The standard InChI is InChI=1S/C21H18N2O2S/c1-13-8-14(2)19(15(3)9-13)10-17(12-22)21(24)23-18-5-4-16-6-7-26(25)20(16)11-18/h4-11H,1-3H3,(H,23,24)/b17-10+. The molecule has 0 aromatic heterocycles. The highest BCUT2D eigenvalue weighted by atomic mass is 32.2.